The summed E-state index contributed by atoms with van der Waals surface area (Å²) in [7, 11) is -1.81. The van der Waals surface area contributed by atoms with Gasteiger partial charge in [0.2, 0.25) is 0 Å². The molecule has 126 valence electrons. The first-order chi connectivity index (χ1) is 8.10. The molecule has 0 aliphatic carbocycles. The van der Waals surface area contributed by atoms with Gasteiger partial charge in [-0.25, -0.2) is 0 Å². The maximum absolute atomic E-state index is 10.5. The van der Waals surface area contributed by atoms with Crippen molar-refractivity contribution >= 4 is 8.32 Å². The number of unbranched alkanes of at least 4 members (excludes halogenated alkanes) is 3. The van der Waals surface area contributed by atoms with Crippen LogP contribution in [0.2, 0.25) is 18.1 Å². The van der Waals surface area contributed by atoms with Crippen molar-refractivity contribution in [3.05, 3.63) is 0 Å². The van der Waals surface area contributed by atoms with E-state index in [0.717, 1.165) is 18.1 Å². The van der Waals surface area contributed by atoms with Crippen molar-refractivity contribution in [2.45, 2.75) is 84.4 Å². The van der Waals surface area contributed by atoms with Crippen LogP contribution in [0.15, 0.2) is 0 Å². The predicted molar refractivity (Wildman–Crippen MR) is 87.1 cm³/mol. The number of aliphatic hydroxyl groups excluding tert-OH is 1. The Morgan fingerprint density at radius 2 is 0.900 bits per heavy atom. The Bertz CT molecular complexity index is 129. The Hall–Kier alpha value is 0.771. The third-order valence-corrected chi connectivity index (χ3v) is 6.84. The van der Waals surface area contributed by atoms with Gasteiger partial charge in [-0.2, -0.15) is 0 Å². The van der Waals surface area contributed by atoms with Crippen LogP contribution in [0.5, 0.6) is 0 Å². The molecule has 0 fully saturated rings. The van der Waals surface area contributed by atoms with E-state index in [1.165, 1.54) is 38.5 Å². The Balaban J connectivity index is -0.000000114. The van der Waals surface area contributed by atoms with Crippen molar-refractivity contribution in [3.8, 4) is 0 Å². The van der Waals surface area contributed by atoms with Crippen LogP contribution in [0.3, 0.4) is 0 Å². The maximum atomic E-state index is 10.5. The molecule has 0 aliphatic heterocycles. The molecular weight excluding hydrogens is 308 g/mol. The summed E-state index contributed by atoms with van der Waals surface area (Å²) in [6.07, 6.45) is 7.39. The maximum Gasteiger partial charge on any atom is 0.188 e. The number of rotatable bonds is 9. The molecule has 0 aromatic rings. The summed E-state index contributed by atoms with van der Waals surface area (Å²) >= 11 is 0. The third kappa shape index (κ3) is 23.8. The van der Waals surface area contributed by atoms with E-state index in [0.29, 0.717) is 0 Å². The molecule has 0 radical (unpaired) electrons. The minimum absolute atomic E-state index is 0. The van der Waals surface area contributed by atoms with Crippen LogP contribution in [0.25, 0.3) is 0 Å². The first kappa shape index (κ1) is 32.6. The Morgan fingerprint density at radius 3 is 1.05 bits per heavy atom. The summed E-state index contributed by atoms with van der Waals surface area (Å²) < 4.78 is 0. The van der Waals surface area contributed by atoms with Gasteiger partial charge in [0.25, 0.3) is 0 Å². The van der Waals surface area contributed by atoms with Gasteiger partial charge in [0.15, 0.2) is 8.32 Å². The Morgan fingerprint density at radius 1 is 0.700 bits per heavy atom. The van der Waals surface area contributed by atoms with Crippen LogP contribution < -0.4 is 0 Å². The topological polar surface area (TPSA) is 103 Å². The molecule has 0 aromatic carbocycles. The van der Waals surface area contributed by atoms with Crippen molar-refractivity contribution in [1.29, 1.82) is 0 Å². The number of aliphatic hydroxyl groups is 1. The van der Waals surface area contributed by atoms with Crippen molar-refractivity contribution < 1.29 is 42.6 Å². The van der Waals surface area contributed by atoms with Gasteiger partial charge in [0.1, 0.15) is 0 Å². The van der Waals surface area contributed by atoms with E-state index in [9.17, 15) is 4.80 Å². The summed E-state index contributed by atoms with van der Waals surface area (Å²) in [5, 5.41) is 7.57. The van der Waals surface area contributed by atoms with Gasteiger partial charge in [-0.05, 0) is 25.1 Å². The molecule has 0 amide bonds. The standard InChI is InChI=1S/C12H28OSi.C2H6O.2H2O.Ti/c1-4-7-10-14(13,11-8-5-2)12-9-6-3;1-2-3;;;/h13H,4-12H2,1-3H3;3H,2H2,1H3;2*1H2;. The first-order valence-corrected chi connectivity index (χ1v) is 10.00. The Kier molecular flexibility index (Phi) is 40.4. The van der Waals surface area contributed by atoms with Crippen molar-refractivity contribution in [2.75, 3.05) is 6.61 Å². The van der Waals surface area contributed by atoms with Crippen molar-refractivity contribution in [2.24, 2.45) is 0 Å². The SMILES string of the molecule is CCCC[Si](O)(CCCC)CCCC.CCO.O.O.[Ti]. The molecule has 6 heteroatoms. The zero-order valence-electron chi connectivity index (χ0n) is 14.0. The molecule has 0 saturated heterocycles. The fourth-order valence-electron chi connectivity index (χ4n) is 1.89. The van der Waals surface area contributed by atoms with E-state index in [-0.39, 0.29) is 39.3 Å². The fraction of sp³-hybridized carbons (Fsp3) is 1.00. The van der Waals surface area contributed by atoms with Crippen LogP contribution in [0, 0.1) is 0 Å². The fourth-order valence-corrected chi connectivity index (χ4v) is 5.68. The zero-order valence-corrected chi connectivity index (χ0v) is 16.5. The second-order valence-electron chi connectivity index (χ2n) is 4.85. The molecule has 0 rings (SSSR count). The largest absolute Gasteiger partial charge is 0.432 e. The van der Waals surface area contributed by atoms with Crippen LogP contribution in [-0.4, -0.2) is 35.8 Å². The minimum Gasteiger partial charge on any atom is -0.432 e. The summed E-state index contributed by atoms with van der Waals surface area (Å²) in [6.45, 7) is 8.58. The average Bonchev–Trinajstić information content (AvgIpc) is 2.33. The van der Waals surface area contributed by atoms with Crippen LogP contribution in [0.1, 0.15) is 66.2 Å². The number of hydrogen-bond donors (Lipinski definition) is 2. The zero-order chi connectivity index (χ0) is 13.6. The molecular formula is C14H38O4SiTi. The van der Waals surface area contributed by atoms with E-state index in [1.54, 1.807) is 6.92 Å². The molecule has 0 aliphatic rings. The summed E-state index contributed by atoms with van der Waals surface area (Å²) in [5.41, 5.74) is 0. The van der Waals surface area contributed by atoms with E-state index < -0.39 is 8.32 Å². The van der Waals surface area contributed by atoms with E-state index in [1.807, 2.05) is 0 Å². The van der Waals surface area contributed by atoms with Gasteiger partial charge < -0.3 is 20.9 Å². The summed E-state index contributed by atoms with van der Waals surface area (Å²) in [6, 6.07) is 3.43. The molecule has 6 N–H and O–H groups in total. The summed E-state index contributed by atoms with van der Waals surface area (Å²) in [5.74, 6) is 0. The molecule has 0 saturated carbocycles. The second kappa shape index (κ2) is 24.8. The van der Waals surface area contributed by atoms with Crippen LogP contribution in [-0.2, 0) is 21.7 Å². The van der Waals surface area contributed by atoms with E-state index in [2.05, 4.69) is 20.8 Å². The molecule has 0 aromatic heterocycles. The molecule has 0 spiro atoms. The van der Waals surface area contributed by atoms with E-state index >= 15 is 0 Å². The number of hydrogen-bond acceptors (Lipinski definition) is 2. The molecule has 0 atom stereocenters. The van der Waals surface area contributed by atoms with Gasteiger partial charge in [-0.15, -0.1) is 0 Å². The van der Waals surface area contributed by atoms with E-state index in [4.69, 9.17) is 5.11 Å². The smallest absolute Gasteiger partial charge is 0.188 e. The van der Waals surface area contributed by atoms with Gasteiger partial charge in [-0.1, -0.05) is 59.3 Å². The van der Waals surface area contributed by atoms with Crippen LogP contribution in [0.4, 0.5) is 0 Å². The monoisotopic (exact) mass is 346 g/mol. The van der Waals surface area contributed by atoms with Gasteiger partial charge in [0.05, 0.1) is 0 Å². The Labute approximate surface area is 142 Å². The molecule has 0 unspecified atom stereocenters. The first-order valence-electron chi connectivity index (χ1n) is 7.43. The van der Waals surface area contributed by atoms with Gasteiger partial charge in [-0.3, -0.25) is 0 Å². The normalized spacial score (nSPS) is 9.30. The molecule has 4 nitrogen and oxygen atoms in total. The average molecular weight is 346 g/mol. The predicted octanol–water partition coefficient (Wildman–Crippen LogP) is 2.67. The van der Waals surface area contributed by atoms with Gasteiger partial charge >= 0.3 is 0 Å². The van der Waals surface area contributed by atoms with Crippen LogP contribution >= 0.6 is 0 Å². The van der Waals surface area contributed by atoms with Crippen molar-refractivity contribution in [3.63, 3.8) is 0 Å². The molecule has 20 heavy (non-hydrogen) atoms. The molecule has 0 bridgehead atoms. The third-order valence-electron chi connectivity index (χ3n) is 2.99. The summed E-state index contributed by atoms with van der Waals surface area (Å²) in [4.78, 5) is 10.5. The van der Waals surface area contributed by atoms with Gasteiger partial charge in [0, 0.05) is 28.3 Å². The quantitative estimate of drug-likeness (QED) is 0.627. The second-order valence-corrected chi connectivity index (χ2v) is 8.80. The van der Waals surface area contributed by atoms with Crippen molar-refractivity contribution in [1.82, 2.24) is 0 Å². The molecule has 0 heterocycles. The minimum atomic E-state index is -1.81.